The van der Waals surface area contributed by atoms with Crippen molar-refractivity contribution in [2.75, 3.05) is 32.8 Å². The number of nitrogens with one attached hydrogen (secondary N) is 1. The van der Waals surface area contributed by atoms with Gasteiger partial charge in [0.2, 0.25) is 0 Å². The molecule has 0 radical (unpaired) electrons. The molecule has 0 saturated carbocycles. The average molecular weight is 431 g/mol. The van der Waals surface area contributed by atoms with E-state index >= 15 is 0 Å². The van der Waals surface area contributed by atoms with Crippen LogP contribution in [0, 0.1) is 5.82 Å². The fourth-order valence-corrected chi connectivity index (χ4v) is 3.54. The van der Waals surface area contributed by atoms with Crippen LogP contribution in [0.15, 0.2) is 47.3 Å². The van der Waals surface area contributed by atoms with Crippen LogP contribution in [-0.4, -0.2) is 58.5 Å². The predicted octanol–water partition coefficient (Wildman–Crippen LogP) is 2.44. The van der Waals surface area contributed by atoms with E-state index in [4.69, 9.17) is 16.3 Å². The van der Waals surface area contributed by atoms with Gasteiger partial charge in [-0.1, -0.05) is 11.6 Å². The van der Waals surface area contributed by atoms with Gasteiger partial charge in [-0.3, -0.25) is 14.5 Å². The second kappa shape index (κ2) is 8.81. The highest BCUT2D eigenvalue weighted by Gasteiger charge is 2.22. The van der Waals surface area contributed by atoms with Gasteiger partial charge in [0, 0.05) is 31.2 Å². The first-order valence-corrected chi connectivity index (χ1v) is 9.93. The minimum atomic E-state index is -0.351. The Bertz CT molecular complexity index is 1110. The molecule has 0 aliphatic carbocycles. The molecule has 3 aromatic rings. The van der Waals surface area contributed by atoms with E-state index in [0.717, 1.165) is 0 Å². The number of carbonyl (C=O) groups excluding carboxylic acids is 1. The van der Waals surface area contributed by atoms with Crippen molar-refractivity contribution in [2.24, 2.45) is 0 Å². The summed E-state index contributed by atoms with van der Waals surface area (Å²) < 4.78 is 18.3. The standard InChI is InChI=1S/C21H20ClFN4O3/c22-14-1-6-18-17(11-14)21(29)25-19(24-18)12-26-7-9-27(10-8-26)20(28)13-30-16-4-2-15(23)3-5-16/h1-6,11H,7-10,12-13H2,(H,24,25,29). The predicted molar refractivity (Wildman–Crippen MR) is 111 cm³/mol. The lowest BCUT2D eigenvalue weighted by Crippen LogP contribution is -2.49. The number of rotatable bonds is 5. The zero-order chi connectivity index (χ0) is 21.1. The van der Waals surface area contributed by atoms with E-state index < -0.39 is 0 Å². The minimum absolute atomic E-state index is 0.0895. The molecule has 2 aromatic carbocycles. The van der Waals surface area contributed by atoms with Crippen LogP contribution < -0.4 is 10.3 Å². The number of nitrogens with zero attached hydrogens (tertiary/aromatic N) is 3. The van der Waals surface area contributed by atoms with Gasteiger partial charge in [0.1, 0.15) is 17.4 Å². The number of halogens is 2. The molecule has 2 heterocycles. The van der Waals surface area contributed by atoms with Crippen LogP contribution in [0.3, 0.4) is 0 Å². The molecule has 4 rings (SSSR count). The van der Waals surface area contributed by atoms with E-state index in [-0.39, 0.29) is 23.9 Å². The quantitative estimate of drug-likeness (QED) is 0.672. The van der Waals surface area contributed by atoms with E-state index in [1.54, 1.807) is 23.1 Å². The van der Waals surface area contributed by atoms with Crippen molar-refractivity contribution in [3.63, 3.8) is 0 Å². The van der Waals surface area contributed by atoms with Gasteiger partial charge in [0.05, 0.1) is 17.4 Å². The van der Waals surface area contributed by atoms with Crippen LogP contribution in [0.25, 0.3) is 10.9 Å². The number of carbonyl (C=O) groups is 1. The molecule has 1 aliphatic rings. The topological polar surface area (TPSA) is 78.5 Å². The van der Waals surface area contributed by atoms with Crippen LogP contribution in [-0.2, 0) is 11.3 Å². The second-order valence-corrected chi connectivity index (χ2v) is 7.51. The molecule has 1 saturated heterocycles. The molecule has 0 spiro atoms. The Morgan fingerprint density at radius 1 is 1.13 bits per heavy atom. The van der Waals surface area contributed by atoms with Gasteiger partial charge in [-0.05, 0) is 42.5 Å². The van der Waals surface area contributed by atoms with Crippen LogP contribution >= 0.6 is 11.6 Å². The maximum Gasteiger partial charge on any atom is 0.260 e. The van der Waals surface area contributed by atoms with E-state index in [2.05, 4.69) is 14.9 Å². The summed E-state index contributed by atoms with van der Waals surface area (Å²) in [4.78, 5) is 35.8. The minimum Gasteiger partial charge on any atom is -0.484 e. The van der Waals surface area contributed by atoms with E-state index in [1.807, 2.05) is 0 Å². The van der Waals surface area contributed by atoms with E-state index in [1.165, 1.54) is 24.3 Å². The summed E-state index contributed by atoms with van der Waals surface area (Å²) in [5.74, 6) is 0.564. The molecule has 1 N–H and O–H groups in total. The Hall–Kier alpha value is -2.97. The highest BCUT2D eigenvalue weighted by atomic mass is 35.5. The summed E-state index contributed by atoms with van der Waals surface area (Å²) in [5.41, 5.74) is 0.383. The van der Waals surface area contributed by atoms with Crippen molar-refractivity contribution in [3.8, 4) is 5.75 Å². The molecule has 1 amide bonds. The van der Waals surface area contributed by atoms with Gasteiger partial charge in [-0.15, -0.1) is 0 Å². The third kappa shape index (κ3) is 4.77. The third-order valence-corrected chi connectivity index (χ3v) is 5.23. The Morgan fingerprint density at radius 3 is 2.60 bits per heavy atom. The fourth-order valence-electron chi connectivity index (χ4n) is 3.37. The lowest BCUT2D eigenvalue weighted by atomic mass is 10.2. The number of H-pyrrole nitrogens is 1. The van der Waals surface area contributed by atoms with Crippen molar-refractivity contribution < 1.29 is 13.9 Å². The van der Waals surface area contributed by atoms with Gasteiger partial charge in [0.25, 0.3) is 11.5 Å². The molecule has 0 atom stereocenters. The summed E-state index contributed by atoms with van der Waals surface area (Å²) in [7, 11) is 0. The molecule has 0 bridgehead atoms. The van der Waals surface area contributed by atoms with Gasteiger partial charge >= 0.3 is 0 Å². The smallest absolute Gasteiger partial charge is 0.260 e. The second-order valence-electron chi connectivity index (χ2n) is 7.07. The van der Waals surface area contributed by atoms with E-state index in [9.17, 15) is 14.0 Å². The number of ether oxygens (including phenoxy) is 1. The third-order valence-electron chi connectivity index (χ3n) is 4.99. The number of hydrogen-bond acceptors (Lipinski definition) is 5. The largest absolute Gasteiger partial charge is 0.484 e. The highest BCUT2D eigenvalue weighted by molar-refractivity contribution is 6.31. The number of fused-ring (bicyclic) bond motifs is 1. The van der Waals surface area contributed by atoms with Crippen LogP contribution in [0.2, 0.25) is 5.02 Å². The monoisotopic (exact) mass is 430 g/mol. The lowest BCUT2D eigenvalue weighted by Gasteiger charge is -2.34. The molecule has 1 aromatic heterocycles. The zero-order valence-corrected chi connectivity index (χ0v) is 16.9. The zero-order valence-electron chi connectivity index (χ0n) is 16.1. The first kappa shape index (κ1) is 20.3. The summed E-state index contributed by atoms with van der Waals surface area (Å²) in [6.07, 6.45) is 0. The molecule has 156 valence electrons. The number of hydrogen-bond donors (Lipinski definition) is 1. The molecular weight excluding hydrogens is 411 g/mol. The maximum atomic E-state index is 12.9. The Morgan fingerprint density at radius 2 is 1.87 bits per heavy atom. The van der Waals surface area contributed by atoms with Crippen LogP contribution in [0.4, 0.5) is 4.39 Å². The Kier molecular flexibility index (Phi) is 5.96. The molecule has 7 nitrogen and oxygen atoms in total. The highest BCUT2D eigenvalue weighted by Crippen LogP contribution is 2.15. The first-order chi connectivity index (χ1) is 14.5. The first-order valence-electron chi connectivity index (χ1n) is 9.55. The normalized spacial score (nSPS) is 14.8. The van der Waals surface area contributed by atoms with Gasteiger partial charge < -0.3 is 14.6 Å². The van der Waals surface area contributed by atoms with Crippen molar-refractivity contribution >= 4 is 28.4 Å². The SMILES string of the molecule is O=C(COc1ccc(F)cc1)N1CCN(Cc2nc3ccc(Cl)cc3c(=O)[nH]2)CC1. The lowest BCUT2D eigenvalue weighted by molar-refractivity contribution is -0.135. The van der Waals surface area contributed by atoms with Gasteiger partial charge in [-0.2, -0.15) is 0 Å². The number of aromatic nitrogens is 2. The van der Waals surface area contributed by atoms with Crippen LogP contribution in [0.1, 0.15) is 5.82 Å². The summed E-state index contributed by atoms with van der Waals surface area (Å²) >= 11 is 5.94. The molecular formula is C21H20ClFN4O3. The number of amides is 1. The molecule has 9 heteroatoms. The molecule has 0 unspecified atom stereocenters. The molecule has 30 heavy (non-hydrogen) atoms. The summed E-state index contributed by atoms with van der Waals surface area (Å²) in [6.45, 7) is 2.82. The fraction of sp³-hybridized carbons (Fsp3) is 0.286. The summed E-state index contributed by atoms with van der Waals surface area (Å²) in [5, 5.41) is 0.953. The molecule has 1 fully saturated rings. The van der Waals surface area contributed by atoms with Crippen molar-refractivity contribution in [3.05, 3.63) is 69.5 Å². The molecule has 1 aliphatic heterocycles. The average Bonchev–Trinajstić information content (AvgIpc) is 2.74. The van der Waals surface area contributed by atoms with Crippen molar-refractivity contribution in [1.29, 1.82) is 0 Å². The van der Waals surface area contributed by atoms with Gasteiger partial charge in [0.15, 0.2) is 6.61 Å². The van der Waals surface area contributed by atoms with Crippen molar-refractivity contribution in [2.45, 2.75) is 6.54 Å². The van der Waals surface area contributed by atoms with Crippen molar-refractivity contribution in [1.82, 2.24) is 19.8 Å². The van der Waals surface area contributed by atoms with Crippen LogP contribution in [0.5, 0.6) is 5.75 Å². The maximum absolute atomic E-state index is 12.9. The number of piperazine rings is 1. The Labute approximate surface area is 177 Å². The van der Waals surface area contributed by atoms with E-state index in [0.29, 0.717) is 60.2 Å². The Balaban J connectivity index is 1.30. The number of benzene rings is 2. The van der Waals surface area contributed by atoms with Gasteiger partial charge in [-0.25, -0.2) is 9.37 Å². The number of aromatic amines is 1. The summed E-state index contributed by atoms with van der Waals surface area (Å²) in [6, 6.07) is 10.6.